The van der Waals surface area contributed by atoms with Crippen molar-refractivity contribution in [1.29, 1.82) is 0 Å². The van der Waals surface area contributed by atoms with E-state index >= 15 is 0 Å². The average molecular weight is 248 g/mol. The number of aliphatic hydroxyl groups is 1. The number of hydrogen-bond acceptors (Lipinski definition) is 3. The Morgan fingerprint density at radius 2 is 1.89 bits per heavy atom. The monoisotopic (exact) mass is 248 g/mol. The first-order chi connectivity index (χ1) is 8.60. The summed E-state index contributed by atoms with van der Waals surface area (Å²) in [4.78, 5) is 11.9. The number of hydrogen-bond donors (Lipinski definition) is 1. The molecule has 98 valence electrons. The van der Waals surface area contributed by atoms with Crippen LogP contribution in [0.3, 0.4) is 0 Å². The lowest BCUT2D eigenvalue weighted by molar-refractivity contribution is -0.158. The Bertz CT molecular complexity index is 414. The van der Waals surface area contributed by atoms with Gasteiger partial charge in [-0.25, -0.2) is 0 Å². The molecule has 18 heavy (non-hydrogen) atoms. The first kappa shape index (κ1) is 13.1. The Morgan fingerprint density at radius 3 is 2.33 bits per heavy atom. The van der Waals surface area contributed by atoms with E-state index in [1.165, 1.54) is 0 Å². The molecule has 0 fully saturated rings. The summed E-state index contributed by atoms with van der Waals surface area (Å²) in [6, 6.07) is 7.97. The molecule has 1 aliphatic carbocycles. The molecular weight excluding hydrogens is 228 g/mol. The first-order valence-corrected chi connectivity index (χ1v) is 6.56. The van der Waals surface area contributed by atoms with Gasteiger partial charge >= 0.3 is 5.97 Å². The fourth-order valence-corrected chi connectivity index (χ4v) is 2.88. The van der Waals surface area contributed by atoms with E-state index in [4.69, 9.17) is 4.74 Å². The van der Waals surface area contributed by atoms with E-state index in [1.54, 1.807) is 6.92 Å². The maximum absolute atomic E-state index is 11.9. The molecule has 1 unspecified atom stereocenters. The minimum absolute atomic E-state index is 0.282. The molecule has 0 saturated heterocycles. The van der Waals surface area contributed by atoms with E-state index in [1.807, 2.05) is 31.2 Å². The van der Waals surface area contributed by atoms with Crippen LogP contribution in [0.25, 0.3) is 0 Å². The van der Waals surface area contributed by atoms with Crippen molar-refractivity contribution in [2.45, 2.75) is 38.7 Å². The van der Waals surface area contributed by atoms with E-state index in [0.717, 1.165) is 11.1 Å². The van der Waals surface area contributed by atoms with Crippen LogP contribution in [-0.2, 0) is 22.4 Å². The van der Waals surface area contributed by atoms with Gasteiger partial charge in [0, 0.05) is 12.8 Å². The highest BCUT2D eigenvalue weighted by Crippen LogP contribution is 2.37. The molecule has 0 heterocycles. The first-order valence-electron chi connectivity index (χ1n) is 6.56. The highest BCUT2D eigenvalue weighted by Gasteiger charge is 2.45. The largest absolute Gasteiger partial charge is 0.466 e. The molecule has 2 rings (SSSR count). The minimum atomic E-state index is -0.981. The second-order valence-electron chi connectivity index (χ2n) is 4.94. The molecule has 1 aromatic rings. The molecule has 0 saturated carbocycles. The number of rotatable bonds is 4. The third kappa shape index (κ3) is 2.27. The Kier molecular flexibility index (Phi) is 3.71. The normalized spacial score (nSPS) is 18.2. The molecular formula is C15H20O3. The molecule has 1 aliphatic rings. The third-order valence-electron chi connectivity index (χ3n) is 3.74. The molecule has 0 radical (unpaired) electrons. The lowest BCUT2D eigenvalue weighted by atomic mass is 9.83. The fourth-order valence-electron chi connectivity index (χ4n) is 2.88. The van der Waals surface area contributed by atoms with Crippen LogP contribution in [0.5, 0.6) is 0 Å². The van der Waals surface area contributed by atoms with Crippen molar-refractivity contribution in [3.8, 4) is 0 Å². The van der Waals surface area contributed by atoms with Gasteiger partial charge in [-0.3, -0.25) is 4.79 Å². The Labute approximate surface area is 108 Å². The van der Waals surface area contributed by atoms with Gasteiger partial charge in [-0.1, -0.05) is 31.2 Å². The van der Waals surface area contributed by atoms with Crippen molar-refractivity contribution in [3.05, 3.63) is 35.4 Å². The van der Waals surface area contributed by atoms with Crippen molar-refractivity contribution in [2.24, 2.45) is 5.92 Å². The van der Waals surface area contributed by atoms with Gasteiger partial charge in [0.1, 0.15) is 0 Å². The summed E-state index contributed by atoms with van der Waals surface area (Å²) in [5, 5.41) is 10.8. The van der Waals surface area contributed by atoms with Crippen LogP contribution < -0.4 is 0 Å². The molecule has 0 amide bonds. The summed E-state index contributed by atoms with van der Waals surface area (Å²) in [5.41, 5.74) is 1.30. The van der Waals surface area contributed by atoms with Crippen molar-refractivity contribution in [3.63, 3.8) is 0 Å². The van der Waals surface area contributed by atoms with Gasteiger partial charge < -0.3 is 9.84 Å². The Hall–Kier alpha value is -1.35. The lowest BCUT2D eigenvalue weighted by Crippen LogP contribution is -2.43. The van der Waals surface area contributed by atoms with Gasteiger partial charge in [0.25, 0.3) is 0 Å². The molecule has 1 aromatic carbocycles. The van der Waals surface area contributed by atoms with E-state index in [0.29, 0.717) is 25.9 Å². The van der Waals surface area contributed by atoms with Crippen LogP contribution in [0, 0.1) is 5.92 Å². The topological polar surface area (TPSA) is 46.5 Å². The summed E-state index contributed by atoms with van der Waals surface area (Å²) < 4.78 is 5.07. The molecule has 0 aliphatic heterocycles. The van der Waals surface area contributed by atoms with E-state index < -0.39 is 11.5 Å². The van der Waals surface area contributed by atoms with Crippen molar-refractivity contribution in [2.75, 3.05) is 6.61 Å². The van der Waals surface area contributed by atoms with Gasteiger partial charge in [-0.2, -0.15) is 0 Å². The molecule has 0 bridgehead atoms. The highest BCUT2D eigenvalue weighted by molar-refractivity contribution is 5.74. The van der Waals surface area contributed by atoms with Crippen molar-refractivity contribution < 1.29 is 14.6 Å². The number of benzene rings is 1. The maximum atomic E-state index is 11.9. The van der Waals surface area contributed by atoms with Gasteiger partial charge in [0.15, 0.2) is 0 Å². The summed E-state index contributed by atoms with van der Waals surface area (Å²) in [6.07, 6.45) is 1.68. The molecule has 0 spiro atoms. The number of ether oxygens (including phenoxy) is 1. The fraction of sp³-hybridized carbons (Fsp3) is 0.533. The lowest BCUT2D eigenvalue weighted by Gasteiger charge is -2.30. The maximum Gasteiger partial charge on any atom is 0.311 e. The molecule has 0 aromatic heterocycles. The van der Waals surface area contributed by atoms with E-state index in [-0.39, 0.29) is 5.97 Å². The van der Waals surface area contributed by atoms with Crippen molar-refractivity contribution >= 4 is 5.97 Å². The van der Waals surface area contributed by atoms with Gasteiger partial charge in [-0.15, -0.1) is 0 Å². The van der Waals surface area contributed by atoms with Crippen LogP contribution in [-0.4, -0.2) is 23.3 Å². The number of esters is 1. The summed E-state index contributed by atoms with van der Waals surface area (Å²) in [7, 11) is 0. The Morgan fingerprint density at radius 1 is 1.33 bits per heavy atom. The van der Waals surface area contributed by atoms with Crippen molar-refractivity contribution in [1.82, 2.24) is 0 Å². The number of carbonyl (C=O) groups is 1. The predicted octanol–water partition coefficient (Wildman–Crippen LogP) is 2.11. The van der Waals surface area contributed by atoms with Gasteiger partial charge in [-0.05, 0) is 24.5 Å². The zero-order valence-electron chi connectivity index (χ0n) is 11.0. The predicted molar refractivity (Wildman–Crippen MR) is 69.2 cm³/mol. The number of fused-ring (bicyclic) bond motifs is 1. The van der Waals surface area contributed by atoms with E-state index in [2.05, 4.69) is 0 Å². The average Bonchev–Trinajstić information content (AvgIpc) is 2.66. The second-order valence-corrected chi connectivity index (χ2v) is 4.94. The second kappa shape index (κ2) is 5.11. The molecule has 3 nitrogen and oxygen atoms in total. The van der Waals surface area contributed by atoms with Gasteiger partial charge in [0.05, 0.1) is 18.1 Å². The molecule has 1 atom stereocenters. The summed E-state index contributed by atoms with van der Waals surface area (Å²) in [6.45, 7) is 4.07. The Balaban J connectivity index is 2.20. The zero-order chi connectivity index (χ0) is 13.2. The van der Waals surface area contributed by atoms with E-state index in [9.17, 15) is 9.90 Å². The van der Waals surface area contributed by atoms with Gasteiger partial charge in [0.2, 0.25) is 0 Å². The highest BCUT2D eigenvalue weighted by atomic mass is 16.5. The zero-order valence-corrected chi connectivity index (χ0v) is 11.0. The quantitative estimate of drug-likeness (QED) is 0.830. The standard InChI is InChI=1S/C15H20O3/c1-3-13(14(16)18-4-2)15(17)9-11-7-5-6-8-12(11)10-15/h5-8,13,17H,3-4,9-10H2,1-2H3. The minimum Gasteiger partial charge on any atom is -0.466 e. The summed E-state index contributed by atoms with van der Waals surface area (Å²) in [5.74, 6) is -0.722. The molecule has 1 N–H and O–H groups in total. The SMILES string of the molecule is CCOC(=O)C(CC)C1(O)Cc2ccccc2C1. The molecule has 3 heteroatoms. The van der Waals surface area contributed by atoms with Crippen LogP contribution in [0.2, 0.25) is 0 Å². The van der Waals surface area contributed by atoms with Crippen LogP contribution in [0.1, 0.15) is 31.4 Å². The van der Waals surface area contributed by atoms with Crippen LogP contribution in [0.15, 0.2) is 24.3 Å². The number of carbonyl (C=O) groups excluding carboxylic acids is 1. The van der Waals surface area contributed by atoms with Crippen LogP contribution in [0.4, 0.5) is 0 Å². The third-order valence-corrected chi connectivity index (χ3v) is 3.74. The summed E-state index contributed by atoms with van der Waals surface area (Å²) >= 11 is 0. The van der Waals surface area contributed by atoms with Crippen LogP contribution >= 0.6 is 0 Å². The smallest absolute Gasteiger partial charge is 0.311 e.